The lowest BCUT2D eigenvalue weighted by Crippen LogP contribution is -2.28. The Morgan fingerprint density at radius 1 is 1.33 bits per heavy atom. The van der Waals surface area contributed by atoms with Crippen molar-refractivity contribution in [2.45, 2.75) is 49.6 Å². The lowest BCUT2D eigenvalue weighted by atomic mass is 10.2. The lowest BCUT2D eigenvalue weighted by molar-refractivity contribution is -0.137. The maximum absolute atomic E-state index is 12.9. The number of nitrogens with one attached hydrogen (secondary N) is 2. The summed E-state index contributed by atoms with van der Waals surface area (Å²) in [4.78, 5) is 28.7. The first-order chi connectivity index (χ1) is 12.7. The Kier molecular flexibility index (Phi) is 6.00. The zero-order valence-corrected chi connectivity index (χ0v) is 15.7. The fourth-order valence-electron chi connectivity index (χ4n) is 3.00. The number of alkyl halides is 3. The Morgan fingerprint density at radius 2 is 2.04 bits per heavy atom. The van der Waals surface area contributed by atoms with E-state index in [4.69, 9.17) is 11.6 Å². The summed E-state index contributed by atoms with van der Waals surface area (Å²) in [6, 6.07) is 3.33. The molecule has 146 valence electrons. The maximum Gasteiger partial charge on any atom is 0.417 e. The van der Waals surface area contributed by atoms with Gasteiger partial charge in [0.1, 0.15) is 5.25 Å². The third kappa shape index (κ3) is 5.16. The molecule has 1 saturated heterocycles. The molecule has 2 N–H and O–H groups in total. The molecule has 1 aromatic rings. The molecule has 2 amide bonds. The smallest absolute Gasteiger partial charge is 0.326 e. The summed E-state index contributed by atoms with van der Waals surface area (Å²) in [5.74, 6) is -0.876. The fourth-order valence-corrected chi connectivity index (χ4v) is 4.26. The van der Waals surface area contributed by atoms with Crippen molar-refractivity contribution in [3.63, 3.8) is 0 Å². The van der Waals surface area contributed by atoms with E-state index in [1.165, 1.54) is 17.8 Å². The normalized spacial score (nSPS) is 22.3. The van der Waals surface area contributed by atoms with Crippen LogP contribution >= 0.6 is 23.4 Å². The molecular formula is C17H17ClF3N3O2S. The van der Waals surface area contributed by atoms with Crippen LogP contribution in [-0.4, -0.2) is 28.3 Å². The molecule has 2 aliphatic rings. The van der Waals surface area contributed by atoms with Gasteiger partial charge in [0.15, 0.2) is 5.17 Å². The zero-order chi connectivity index (χ0) is 19.6. The molecule has 1 saturated carbocycles. The van der Waals surface area contributed by atoms with E-state index in [0.29, 0.717) is 5.17 Å². The summed E-state index contributed by atoms with van der Waals surface area (Å²) in [5.41, 5.74) is -1.05. The third-order valence-electron chi connectivity index (χ3n) is 4.33. The molecule has 0 aromatic heterocycles. The highest BCUT2D eigenvalue weighted by Gasteiger charge is 2.35. The number of nitrogens with zero attached hydrogens (tertiary/aromatic N) is 1. The van der Waals surface area contributed by atoms with Crippen LogP contribution in [0, 0.1) is 0 Å². The Bertz CT molecular complexity index is 779. The molecule has 2 fully saturated rings. The SMILES string of the molecule is O=C(CC1SC(=NC2CCCC2)NC1=O)Nc1ccc(Cl)c(C(F)(F)F)c1. The van der Waals surface area contributed by atoms with Crippen LogP contribution in [0.4, 0.5) is 18.9 Å². The quantitative estimate of drug-likeness (QED) is 0.767. The van der Waals surface area contributed by atoms with Gasteiger partial charge in [-0.2, -0.15) is 13.2 Å². The van der Waals surface area contributed by atoms with E-state index in [0.717, 1.165) is 37.8 Å². The van der Waals surface area contributed by atoms with Gasteiger partial charge >= 0.3 is 6.18 Å². The second-order valence-electron chi connectivity index (χ2n) is 6.41. The van der Waals surface area contributed by atoms with Gasteiger partial charge in [-0.05, 0) is 31.0 Å². The minimum atomic E-state index is -4.62. The standard InChI is InChI=1S/C17H17ClF3N3O2S/c18-12-6-5-10(7-11(12)17(19,20)21)22-14(25)8-13-15(26)24-16(27-13)23-9-3-1-2-4-9/h5-7,9,13H,1-4,8H2,(H,22,25)(H,23,24,26). The summed E-state index contributed by atoms with van der Waals surface area (Å²) in [5, 5.41) is 4.46. The summed E-state index contributed by atoms with van der Waals surface area (Å²) in [7, 11) is 0. The first-order valence-electron chi connectivity index (χ1n) is 8.44. The van der Waals surface area contributed by atoms with Gasteiger partial charge in [-0.3, -0.25) is 14.6 Å². The molecule has 3 rings (SSSR count). The van der Waals surface area contributed by atoms with E-state index >= 15 is 0 Å². The summed E-state index contributed by atoms with van der Waals surface area (Å²) >= 11 is 6.74. The van der Waals surface area contributed by atoms with Gasteiger partial charge in [0, 0.05) is 12.1 Å². The first-order valence-corrected chi connectivity index (χ1v) is 9.70. The molecule has 1 heterocycles. The molecule has 1 atom stereocenters. The van der Waals surface area contributed by atoms with E-state index < -0.39 is 27.9 Å². The molecule has 1 unspecified atom stereocenters. The Labute approximate surface area is 163 Å². The Morgan fingerprint density at radius 3 is 2.70 bits per heavy atom. The van der Waals surface area contributed by atoms with Crippen LogP contribution in [0.15, 0.2) is 23.2 Å². The molecule has 0 bridgehead atoms. The van der Waals surface area contributed by atoms with Crippen molar-refractivity contribution in [3.8, 4) is 0 Å². The number of anilines is 1. The maximum atomic E-state index is 12.9. The van der Waals surface area contributed by atoms with Gasteiger partial charge in [0.25, 0.3) is 0 Å². The molecule has 1 aromatic carbocycles. The van der Waals surface area contributed by atoms with E-state index in [1.54, 1.807) is 0 Å². The molecule has 1 aliphatic heterocycles. The molecule has 27 heavy (non-hydrogen) atoms. The number of hydrogen-bond donors (Lipinski definition) is 2. The predicted octanol–water partition coefficient (Wildman–Crippen LogP) is 4.22. The molecule has 0 spiro atoms. The first kappa shape index (κ1) is 20.0. The molecule has 5 nitrogen and oxygen atoms in total. The van der Waals surface area contributed by atoms with Gasteiger partial charge in [-0.1, -0.05) is 36.2 Å². The van der Waals surface area contributed by atoms with Crippen LogP contribution < -0.4 is 10.6 Å². The van der Waals surface area contributed by atoms with Crippen LogP contribution in [0.1, 0.15) is 37.7 Å². The topological polar surface area (TPSA) is 70.6 Å². The van der Waals surface area contributed by atoms with Gasteiger partial charge in [0.05, 0.1) is 16.6 Å². The van der Waals surface area contributed by atoms with Crippen molar-refractivity contribution >= 4 is 46.0 Å². The van der Waals surface area contributed by atoms with Crippen LogP contribution in [0.3, 0.4) is 0 Å². The highest BCUT2D eigenvalue weighted by atomic mass is 35.5. The van der Waals surface area contributed by atoms with E-state index in [1.807, 2.05) is 0 Å². The van der Waals surface area contributed by atoms with Crippen LogP contribution in [-0.2, 0) is 15.8 Å². The number of thioether (sulfide) groups is 1. The number of rotatable bonds is 4. The van der Waals surface area contributed by atoms with E-state index in [9.17, 15) is 22.8 Å². The zero-order valence-electron chi connectivity index (χ0n) is 14.1. The lowest BCUT2D eigenvalue weighted by Gasteiger charge is -2.12. The second-order valence-corrected chi connectivity index (χ2v) is 8.01. The van der Waals surface area contributed by atoms with Crippen molar-refractivity contribution in [2.24, 2.45) is 4.99 Å². The fraction of sp³-hybridized carbons (Fsp3) is 0.471. The van der Waals surface area contributed by atoms with Crippen molar-refractivity contribution in [1.29, 1.82) is 0 Å². The molecule has 10 heteroatoms. The second kappa shape index (κ2) is 8.10. The van der Waals surface area contributed by atoms with Crippen molar-refractivity contribution in [2.75, 3.05) is 5.32 Å². The Hall–Kier alpha value is -1.74. The van der Waals surface area contributed by atoms with Crippen molar-refractivity contribution in [3.05, 3.63) is 28.8 Å². The molecule has 1 aliphatic carbocycles. The van der Waals surface area contributed by atoms with Gasteiger partial charge in [-0.15, -0.1) is 0 Å². The average molecular weight is 420 g/mol. The number of amidine groups is 1. The summed E-state index contributed by atoms with van der Waals surface area (Å²) in [6.45, 7) is 0. The third-order valence-corrected chi connectivity index (χ3v) is 5.75. The number of benzene rings is 1. The highest BCUT2D eigenvalue weighted by molar-refractivity contribution is 8.15. The van der Waals surface area contributed by atoms with Crippen LogP contribution in [0.5, 0.6) is 0 Å². The number of carbonyl (C=O) groups is 2. The van der Waals surface area contributed by atoms with E-state index in [2.05, 4.69) is 15.6 Å². The largest absolute Gasteiger partial charge is 0.417 e. The average Bonchev–Trinajstić information content (AvgIpc) is 3.19. The van der Waals surface area contributed by atoms with Crippen LogP contribution in [0.25, 0.3) is 0 Å². The van der Waals surface area contributed by atoms with Gasteiger partial charge in [0.2, 0.25) is 11.8 Å². The molecule has 0 radical (unpaired) electrons. The van der Waals surface area contributed by atoms with Crippen LogP contribution in [0.2, 0.25) is 5.02 Å². The summed E-state index contributed by atoms with van der Waals surface area (Å²) < 4.78 is 38.7. The minimum Gasteiger partial charge on any atom is -0.326 e. The number of aliphatic imine (C=N–C) groups is 1. The Balaban J connectivity index is 1.60. The number of hydrogen-bond acceptors (Lipinski definition) is 4. The minimum absolute atomic E-state index is 0.0278. The van der Waals surface area contributed by atoms with Crippen molar-refractivity contribution < 1.29 is 22.8 Å². The van der Waals surface area contributed by atoms with Gasteiger partial charge < -0.3 is 10.6 Å². The van der Waals surface area contributed by atoms with E-state index in [-0.39, 0.29) is 24.1 Å². The molecular weight excluding hydrogens is 403 g/mol. The number of halogens is 4. The van der Waals surface area contributed by atoms with Gasteiger partial charge in [-0.25, -0.2) is 0 Å². The summed E-state index contributed by atoms with van der Waals surface area (Å²) in [6.07, 6.45) is -0.568. The number of amides is 2. The van der Waals surface area contributed by atoms with Crippen molar-refractivity contribution in [1.82, 2.24) is 5.32 Å². The predicted molar refractivity (Wildman–Crippen MR) is 98.9 cm³/mol. The number of carbonyl (C=O) groups excluding carboxylic acids is 2. The monoisotopic (exact) mass is 419 g/mol. The highest BCUT2D eigenvalue weighted by Crippen LogP contribution is 2.36.